The standard InChI is InChI=1S/C20H21FN6OS2/c1-14-11-30-20(24-14)25-18(28)12-29-19-10-17(22-13-23-19)27-8-6-26(7-9-27)16-4-2-15(21)3-5-16/h2-5,10-11,13H,6-9,12H2,1H3,(H,24,25,28). The van der Waals surface area contributed by atoms with E-state index >= 15 is 0 Å². The van der Waals surface area contributed by atoms with Gasteiger partial charge >= 0.3 is 0 Å². The van der Waals surface area contributed by atoms with Crippen LogP contribution in [0.1, 0.15) is 5.69 Å². The monoisotopic (exact) mass is 444 g/mol. The highest BCUT2D eigenvalue weighted by Crippen LogP contribution is 2.23. The van der Waals surface area contributed by atoms with E-state index in [1.807, 2.05) is 30.5 Å². The summed E-state index contributed by atoms with van der Waals surface area (Å²) in [5.41, 5.74) is 1.92. The molecule has 10 heteroatoms. The van der Waals surface area contributed by atoms with Crippen molar-refractivity contribution >= 4 is 45.6 Å². The summed E-state index contributed by atoms with van der Waals surface area (Å²) in [6.45, 7) is 5.16. The van der Waals surface area contributed by atoms with Crippen LogP contribution < -0.4 is 15.1 Å². The number of halogens is 1. The number of amides is 1. The van der Waals surface area contributed by atoms with Crippen LogP contribution >= 0.6 is 23.1 Å². The highest BCUT2D eigenvalue weighted by Gasteiger charge is 2.19. The quantitative estimate of drug-likeness (QED) is 0.461. The number of thiazole rings is 1. The highest BCUT2D eigenvalue weighted by atomic mass is 32.2. The van der Waals surface area contributed by atoms with Crippen molar-refractivity contribution in [3.05, 3.63) is 53.6 Å². The lowest BCUT2D eigenvalue weighted by molar-refractivity contribution is -0.113. The van der Waals surface area contributed by atoms with Crippen molar-refractivity contribution in [3.8, 4) is 0 Å². The average molecular weight is 445 g/mol. The van der Waals surface area contributed by atoms with Crippen molar-refractivity contribution in [3.63, 3.8) is 0 Å². The molecule has 7 nitrogen and oxygen atoms in total. The fraction of sp³-hybridized carbons (Fsp3) is 0.300. The molecule has 0 bridgehead atoms. The predicted molar refractivity (Wildman–Crippen MR) is 119 cm³/mol. The van der Waals surface area contributed by atoms with Crippen molar-refractivity contribution in [2.24, 2.45) is 0 Å². The molecule has 30 heavy (non-hydrogen) atoms. The predicted octanol–water partition coefficient (Wildman–Crippen LogP) is 3.44. The van der Waals surface area contributed by atoms with Gasteiger partial charge in [0.1, 0.15) is 23.0 Å². The summed E-state index contributed by atoms with van der Waals surface area (Å²) in [4.78, 5) is 29.5. The molecule has 1 fully saturated rings. The van der Waals surface area contributed by atoms with Crippen LogP contribution in [0.15, 0.2) is 47.1 Å². The first-order valence-electron chi connectivity index (χ1n) is 9.49. The van der Waals surface area contributed by atoms with Crippen LogP contribution in [0.25, 0.3) is 0 Å². The van der Waals surface area contributed by atoms with Crippen LogP contribution in [0.5, 0.6) is 0 Å². The molecule has 0 radical (unpaired) electrons. The summed E-state index contributed by atoms with van der Waals surface area (Å²) in [6.07, 6.45) is 1.53. The molecule has 0 saturated carbocycles. The van der Waals surface area contributed by atoms with Crippen molar-refractivity contribution < 1.29 is 9.18 Å². The lowest BCUT2D eigenvalue weighted by Gasteiger charge is -2.36. The van der Waals surface area contributed by atoms with Gasteiger partial charge in [0.05, 0.1) is 11.4 Å². The van der Waals surface area contributed by atoms with Gasteiger partial charge in [-0.3, -0.25) is 4.79 Å². The molecule has 0 atom stereocenters. The Morgan fingerprint density at radius 1 is 1.17 bits per heavy atom. The first-order chi connectivity index (χ1) is 14.6. The molecule has 1 saturated heterocycles. The molecule has 1 aliphatic heterocycles. The van der Waals surface area contributed by atoms with Gasteiger partial charge < -0.3 is 15.1 Å². The summed E-state index contributed by atoms with van der Waals surface area (Å²) in [7, 11) is 0. The Bertz CT molecular complexity index is 1000. The highest BCUT2D eigenvalue weighted by molar-refractivity contribution is 7.99. The van der Waals surface area contributed by atoms with Gasteiger partial charge in [0.25, 0.3) is 0 Å². The van der Waals surface area contributed by atoms with Crippen LogP contribution in [0.3, 0.4) is 0 Å². The average Bonchev–Trinajstić information content (AvgIpc) is 3.17. The van der Waals surface area contributed by atoms with Crippen LogP contribution in [0.2, 0.25) is 0 Å². The Morgan fingerprint density at radius 3 is 2.60 bits per heavy atom. The second-order valence-corrected chi connectivity index (χ2v) is 8.65. The number of anilines is 3. The number of benzene rings is 1. The van der Waals surface area contributed by atoms with Crippen molar-refractivity contribution in [1.29, 1.82) is 0 Å². The topological polar surface area (TPSA) is 74.2 Å². The van der Waals surface area contributed by atoms with Crippen LogP contribution in [-0.2, 0) is 4.79 Å². The van der Waals surface area contributed by atoms with E-state index in [1.165, 1.54) is 41.6 Å². The number of nitrogens with one attached hydrogen (secondary N) is 1. The first kappa shape index (κ1) is 20.5. The minimum atomic E-state index is -0.223. The Hall–Kier alpha value is -2.72. The third-order valence-electron chi connectivity index (χ3n) is 4.64. The molecule has 4 rings (SSSR count). The van der Waals surface area contributed by atoms with Gasteiger partial charge in [0.2, 0.25) is 5.91 Å². The Kier molecular flexibility index (Phi) is 6.44. The number of piperazine rings is 1. The van der Waals surface area contributed by atoms with Crippen LogP contribution in [0.4, 0.5) is 21.0 Å². The molecule has 1 aromatic carbocycles. The van der Waals surface area contributed by atoms with E-state index < -0.39 is 0 Å². The number of carbonyl (C=O) groups excluding carboxylic acids is 1. The first-order valence-corrected chi connectivity index (χ1v) is 11.4. The number of aryl methyl sites for hydroxylation is 1. The molecular formula is C20H21FN6OS2. The third kappa shape index (κ3) is 5.25. The van der Waals surface area contributed by atoms with E-state index in [9.17, 15) is 9.18 Å². The molecule has 0 unspecified atom stereocenters. The molecule has 1 amide bonds. The maximum atomic E-state index is 13.1. The van der Waals surface area contributed by atoms with Gasteiger partial charge in [0, 0.05) is 43.3 Å². The van der Waals surface area contributed by atoms with Crippen molar-refractivity contribution in [1.82, 2.24) is 15.0 Å². The van der Waals surface area contributed by atoms with Gasteiger partial charge in [-0.1, -0.05) is 11.8 Å². The minimum absolute atomic E-state index is 0.109. The van der Waals surface area contributed by atoms with Crippen LogP contribution in [0, 0.1) is 12.7 Å². The summed E-state index contributed by atoms with van der Waals surface area (Å²) in [5.74, 6) is 0.774. The Labute approximate surface area is 182 Å². The molecule has 1 N–H and O–H groups in total. The van der Waals surface area contributed by atoms with Gasteiger partial charge in [0.15, 0.2) is 5.13 Å². The molecule has 1 aliphatic rings. The number of hydrogen-bond donors (Lipinski definition) is 1. The van der Waals surface area contributed by atoms with Gasteiger partial charge in [-0.15, -0.1) is 11.3 Å². The number of carbonyl (C=O) groups is 1. The Morgan fingerprint density at radius 2 is 1.90 bits per heavy atom. The lowest BCUT2D eigenvalue weighted by atomic mass is 10.2. The summed E-state index contributed by atoms with van der Waals surface area (Å²) in [6, 6.07) is 8.51. The number of rotatable bonds is 6. The smallest absolute Gasteiger partial charge is 0.236 e. The normalized spacial score (nSPS) is 14.1. The molecule has 156 valence electrons. The largest absolute Gasteiger partial charge is 0.368 e. The third-order valence-corrected chi connectivity index (χ3v) is 6.44. The fourth-order valence-electron chi connectivity index (χ4n) is 3.13. The van der Waals surface area contributed by atoms with Crippen molar-refractivity contribution in [2.75, 3.05) is 47.0 Å². The molecule has 3 heterocycles. The second-order valence-electron chi connectivity index (χ2n) is 6.80. The SMILES string of the molecule is Cc1csc(NC(=O)CSc2cc(N3CCN(c4ccc(F)cc4)CC3)ncn2)n1. The summed E-state index contributed by atoms with van der Waals surface area (Å²) >= 11 is 2.79. The molecule has 0 aliphatic carbocycles. The summed E-state index contributed by atoms with van der Waals surface area (Å²) < 4.78 is 13.1. The molecule has 2 aromatic heterocycles. The van der Waals surface area contributed by atoms with E-state index in [-0.39, 0.29) is 17.5 Å². The molecular weight excluding hydrogens is 423 g/mol. The van der Waals surface area contributed by atoms with E-state index in [2.05, 4.69) is 30.1 Å². The van der Waals surface area contributed by atoms with E-state index in [0.29, 0.717) is 5.13 Å². The maximum absolute atomic E-state index is 13.1. The van der Waals surface area contributed by atoms with Crippen molar-refractivity contribution in [2.45, 2.75) is 11.9 Å². The van der Waals surface area contributed by atoms with E-state index in [4.69, 9.17) is 0 Å². The van der Waals surface area contributed by atoms with E-state index in [1.54, 1.807) is 0 Å². The number of aromatic nitrogens is 3. The van der Waals surface area contributed by atoms with Gasteiger partial charge in [-0.25, -0.2) is 19.3 Å². The van der Waals surface area contributed by atoms with E-state index in [0.717, 1.165) is 48.4 Å². The molecule has 3 aromatic rings. The maximum Gasteiger partial charge on any atom is 0.236 e. The molecule has 0 spiro atoms. The number of thioether (sulfide) groups is 1. The van der Waals surface area contributed by atoms with Gasteiger partial charge in [-0.05, 0) is 31.2 Å². The number of nitrogens with zero attached hydrogens (tertiary/aromatic N) is 5. The lowest BCUT2D eigenvalue weighted by Crippen LogP contribution is -2.46. The second kappa shape index (κ2) is 9.40. The minimum Gasteiger partial charge on any atom is -0.368 e. The Balaban J connectivity index is 1.30. The zero-order valence-corrected chi connectivity index (χ0v) is 18.0. The number of hydrogen-bond acceptors (Lipinski definition) is 8. The fourth-order valence-corrected chi connectivity index (χ4v) is 4.50. The zero-order valence-electron chi connectivity index (χ0n) is 16.4. The van der Waals surface area contributed by atoms with Gasteiger partial charge in [-0.2, -0.15) is 0 Å². The van der Waals surface area contributed by atoms with Crippen LogP contribution in [-0.4, -0.2) is 52.8 Å². The summed E-state index contributed by atoms with van der Waals surface area (Å²) in [5, 5.41) is 6.07. The zero-order chi connectivity index (χ0) is 20.9.